The molecule has 0 aromatic carbocycles. The lowest BCUT2D eigenvalue weighted by Gasteiger charge is -2.08. The molecule has 0 bridgehead atoms. The summed E-state index contributed by atoms with van der Waals surface area (Å²) in [5.41, 5.74) is 0. The fraction of sp³-hybridized carbons (Fsp3) is 0.927. The molecule has 0 unspecified atom stereocenters. The van der Waals surface area contributed by atoms with Gasteiger partial charge in [0.05, 0.1) is 12.6 Å². The van der Waals surface area contributed by atoms with E-state index in [1.165, 1.54) is 212 Å². The Morgan fingerprint density at radius 1 is 0.442 bits per heavy atom. The summed E-state index contributed by atoms with van der Waals surface area (Å²) in [5, 5.41) is 0. The molecule has 0 saturated carbocycles. The van der Waals surface area contributed by atoms with Gasteiger partial charge in [-0.2, -0.15) is 0 Å². The van der Waals surface area contributed by atoms with E-state index in [9.17, 15) is 0 Å². The average molecular weight is 602 g/mol. The molecule has 0 aliphatic heterocycles. The molecule has 0 aliphatic rings. The molecular weight excluding hydrogens is 520 g/mol. The smallest absolute Gasteiger partial charge is 0.234 e. The van der Waals surface area contributed by atoms with Gasteiger partial charge in [0.1, 0.15) is 12.4 Å². The van der Waals surface area contributed by atoms with E-state index in [1.807, 2.05) is 0 Å². The van der Waals surface area contributed by atoms with Crippen molar-refractivity contribution in [1.82, 2.24) is 4.57 Å². The molecule has 254 valence electrons. The van der Waals surface area contributed by atoms with Gasteiger partial charge in [0.2, 0.25) is 0 Å². The molecule has 0 radical (unpaired) electrons. The number of imidazole rings is 1. The number of aromatic nitrogens is 2. The van der Waals surface area contributed by atoms with E-state index < -0.39 is 0 Å². The van der Waals surface area contributed by atoms with Gasteiger partial charge in [-0.15, -0.1) is 0 Å². The van der Waals surface area contributed by atoms with Crippen LogP contribution in [0.1, 0.15) is 239 Å². The summed E-state index contributed by atoms with van der Waals surface area (Å²) in [5.74, 6) is 1.57. The first-order chi connectivity index (χ1) is 21.2. The van der Waals surface area contributed by atoms with Gasteiger partial charge in [-0.3, -0.25) is 0 Å². The second-order valence-electron chi connectivity index (χ2n) is 14.4. The van der Waals surface area contributed by atoms with Gasteiger partial charge < -0.3 is 0 Å². The molecule has 0 saturated heterocycles. The van der Waals surface area contributed by atoms with Crippen LogP contribution in [0.3, 0.4) is 0 Å². The van der Waals surface area contributed by atoms with Gasteiger partial charge in [0.25, 0.3) is 5.82 Å². The first-order valence-corrected chi connectivity index (χ1v) is 20.3. The predicted octanol–water partition coefficient (Wildman–Crippen LogP) is 14.0. The Bertz CT molecular complexity index is 675. The number of unbranched alkanes of at least 4 members (excludes halogenated alkanes) is 29. The van der Waals surface area contributed by atoms with Gasteiger partial charge in [0, 0.05) is 6.42 Å². The lowest BCUT2D eigenvalue weighted by Crippen LogP contribution is -2.37. The lowest BCUT2D eigenvalue weighted by molar-refractivity contribution is -0.704. The largest absolute Gasteiger partial charge is 0.256 e. The number of nitrogens with zero attached hydrogens (tertiary/aromatic N) is 2. The highest BCUT2D eigenvalue weighted by molar-refractivity contribution is 4.86. The molecule has 0 amide bonds. The summed E-state index contributed by atoms with van der Waals surface area (Å²) in [7, 11) is 0. The summed E-state index contributed by atoms with van der Waals surface area (Å²) in [6, 6.07) is 0.568. The van der Waals surface area contributed by atoms with Crippen molar-refractivity contribution >= 4 is 0 Å². The summed E-state index contributed by atoms with van der Waals surface area (Å²) >= 11 is 0. The minimum Gasteiger partial charge on any atom is -0.234 e. The Hall–Kier alpha value is -0.790. The molecule has 0 aliphatic carbocycles. The summed E-state index contributed by atoms with van der Waals surface area (Å²) in [4.78, 5) is 0. The Morgan fingerprint density at radius 2 is 0.744 bits per heavy atom. The van der Waals surface area contributed by atoms with Crippen LogP contribution in [0, 0.1) is 0 Å². The van der Waals surface area contributed by atoms with Gasteiger partial charge in [-0.1, -0.05) is 194 Å². The van der Waals surface area contributed by atoms with Crippen molar-refractivity contribution in [2.24, 2.45) is 0 Å². The van der Waals surface area contributed by atoms with Gasteiger partial charge in [-0.25, -0.2) is 9.13 Å². The molecule has 1 heterocycles. The SMILES string of the molecule is CCCCCCCCCCCCCCCCCCC[n+]1ccn(C(C)C)c1CCCCCCCCCCCCCCCC. The molecule has 0 N–H and O–H groups in total. The average Bonchev–Trinajstić information content (AvgIpc) is 3.41. The van der Waals surface area contributed by atoms with E-state index in [1.54, 1.807) is 5.82 Å². The third kappa shape index (κ3) is 24.2. The maximum absolute atomic E-state index is 2.59. The van der Waals surface area contributed by atoms with Crippen LogP contribution in [-0.4, -0.2) is 4.57 Å². The minimum atomic E-state index is 0.568. The van der Waals surface area contributed by atoms with Crippen LogP contribution in [0.2, 0.25) is 0 Å². The summed E-state index contributed by atoms with van der Waals surface area (Å²) < 4.78 is 5.13. The molecule has 2 nitrogen and oxygen atoms in total. The molecule has 1 aromatic heterocycles. The van der Waals surface area contributed by atoms with E-state index >= 15 is 0 Å². The summed E-state index contributed by atoms with van der Waals surface area (Å²) in [6.45, 7) is 10.5. The fourth-order valence-electron chi connectivity index (χ4n) is 6.90. The maximum atomic E-state index is 2.59. The third-order valence-electron chi connectivity index (χ3n) is 9.85. The van der Waals surface area contributed by atoms with Crippen LogP contribution in [0.25, 0.3) is 0 Å². The molecule has 43 heavy (non-hydrogen) atoms. The highest BCUT2D eigenvalue weighted by Crippen LogP contribution is 2.16. The predicted molar refractivity (Wildman–Crippen MR) is 193 cm³/mol. The van der Waals surface area contributed by atoms with E-state index in [2.05, 4.69) is 49.2 Å². The second-order valence-corrected chi connectivity index (χ2v) is 14.4. The van der Waals surface area contributed by atoms with Crippen LogP contribution >= 0.6 is 0 Å². The van der Waals surface area contributed by atoms with Crippen molar-refractivity contribution in [3.8, 4) is 0 Å². The van der Waals surface area contributed by atoms with Crippen molar-refractivity contribution < 1.29 is 4.57 Å². The monoisotopic (exact) mass is 602 g/mol. The lowest BCUT2D eigenvalue weighted by atomic mass is 10.0. The van der Waals surface area contributed by atoms with Crippen molar-refractivity contribution in [2.45, 2.75) is 246 Å². The van der Waals surface area contributed by atoms with Crippen LogP contribution in [0.4, 0.5) is 0 Å². The third-order valence-corrected chi connectivity index (χ3v) is 9.85. The highest BCUT2D eigenvalue weighted by Gasteiger charge is 2.18. The molecule has 0 fully saturated rings. The quantitative estimate of drug-likeness (QED) is 0.0549. The zero-order valence-electron chi connectivity index (χ0n) is 30.5. The van der Waals surface area contributed by atoms with Gasteiger partial charge in [-0.05, 0) is 33.1 Å². The Kier molecular flexibility index (Phi) is 29.2. The van der Waals surface area contributed by atoms with Crippen molar-refractivity contribution in [1.29, 1.82) is 0 Å². The zero-order chi connectivity index (χ0) is 31.1. The Balaban J connectivity index is 2.01. The first kappa shape index (κ1) is 40.2. The second kappa shape index (κ2) is 31.2. The minimum absolute atomic E-state index is 0.568. The van der Waals surface area contributed by atoms with Gasteiger partial charge >= 0.3 is 0 Å². The number of aryl methyl sites for hydroxylation is 1. The van der Waals surface area contributed by atoms with E-state index in [0.717, 1.165) is 0 Å². The number of rotatable bonds is 34. The van der Waals surface area contributed by atoms with Crippen LogP contribution in [0.5, 0.6) is 0 Å². The van der Waals surface area contributed by atoms with Crippen LogP contribution < -0.4 is 4.57 Å². The Labute approximate surface area is 272 Å². The number of hydrogen-bond donors (Lipinski definition) is 0. The topological polar surface area (TPSA) is 8.81 Å². The maximum Gasteiger partial charge on any atom is 0.256 e. The molecule has 2 heteroatoms. The van der Waals surface area contributed by atoms with E-state index in [0.29, 0.717) is 6.04 Å². The van der Waals surface area contributed by atoms with Crippen molar-refractivity contribution in [3.05, 3.63) is 18.2 Å². The van der Waals surface area contributed by atoms with Crippen molar-refractivity contribution in [2.75, 3.05) is 0 Å². The summed E-state index contributed by atoms with van der Waals surface area (Å²) in [6.07, 6.45) is 50.7. The van der Waals surface area contributed by atoms with Gasteiger partial charge in [0.15, 0.2) is 0 Å². The molecular formula is C41H81N2+. The van der Waals surface area contributed by atoms with Crippen LogP contribution in [0.15, 0.2) is 12.4 Å². The fourth-order valence-corrected chi connectivity index (χ4v) is 6.90. The standard InChI is InChI=1S/C41H81N2/c1-5-7-9-11-13-15-17-19-21-22-23-25-27-29-31-33-35-37-42-38-39-43(40(3)4)41(42)36-34-32-30-28-26-24-20-18-16-14-12-10-8-6-2/h38-40H,5-37H2,1-4H3/q+1. The molecule has 1 rings (SSSR count). The molecule has 0 atom stereocenters. The molecule has 1 aromatic rings. The van der Waals surface area contributed by atoms with Crippen molar-refractivity contribution in [3.63, 3.8) is 0 Å². The first-order valence-electron chi connectivity index (χ1n) is 20.3. The van der Waals surface area contributed by atoms with E-state index in [-0.39, 0.29) is 0 Å². The number of hydrogen-bond acceptors (Lipinski definition) is 0. The zero-order valence-corrected chi connectivity index (χ0v) is 30.5. The van der Waals surface area contributed by atoms with Crippen LogP contribution in [-0.2, 0) is 13.0 Å². The highest BCUT2D eigenvalue weighted by atomic mass is 15.2. The molecule has 0 spiro atoms. The normalized spacial score (nSPS) is 11.7. The van der Waals surface area contributed by atoms with E-state index in [4.69, 9.17) is 0 Å². The Morgan fingerprint density at radius 3 is 1.07 bits per heavy atom.